The fourth-order valence-electron chi connectivity index (χ4n) is 0.829. The second-order valence-electron chi connectivity index (χ2n) is 2.89. The summed E-state index contributed by atoms with van der Waals surface area (Å²) < 4.78 is 21.7. The van der Waals surface area contributed by atoms with E-state index in [0.29, 0.717) is 11.6 Å². The molecule has 1 aromatic rings. The fraction of sp³-hybridized carbons (Fsp3) is 0.375. The van der Waals surface area contributed by atoms with Gasteiger partial charge in [0.05, 0.1) is 5.75 Å². The zero-order valence-corrected chi connectivity index (χ0v) is 9.44. The lowest BCUT2D eigenvalue weighted by atomic mass is 10.5. The average Bonchev–Trinajstić information content (AvgIpc) is 2.01. The number of thioether (sulfide) groups is 1. The molecule has 0 spiro atoms. The summed E-state index contributed by atoms with van der Waals surface area (Å²) in [4.78, 5) is 4.79. The lowest BCUT2D eigenvalue weighted by Gasteiger charge is -2.00. The van der Waals surface area contributed by atoms with Gasteiger partial charge in [-0.15, -0.1) is 11.8 Å². The number of nitrogen functional groups attached to an aromatic ring is 1. The van der Waals surface area contributed by atoms with Gasteiger partial charge < -0.3 is 5.73 Å². The van der Waals surface area contributed by atoms with Crippen LogP contribution in [0.1, 0.15) is 0 Å². The zero-order valence-electron chi connectivity index (χ0n) is 7.80. The van der Waals surface area contributed by atoms with E-state index in [-0.39, 0.29) is 5.75 Å². The van der Waals surface area contributed by atoms with Crippen LogP contribution in [0.4, 0.5) is 5.82 Å². The predicted molar refractivity (Wildman–Crippen MR) is 59.1 cm³/mol. The van der Waals surface area contributed by atoms with E-state index in [2.05, 4.69) is 4.98 Å². The summed E-state index contributed by atoms with van der Waals surface area (Å²) in [5.74, 6) is 1.18. The Morgan fingerprint density at radius 2 is 2.29 bits per heavy atom. The maximum atomic E-state index is 10.8. The van der Waals surface area contributed by atoms with Gasteiger partial charge >= 0.3 is 0 Å². The van der Waals surface area contributed by atoms with Crippen molar-refractivity contribution in [2.45, 2.75) is 4.90 Å². The number of aromatic nitrogens is 1. The van der Waals surface area contributed by atoms with Crippen LogP contribution in [-0.2, 0) is 9.84 Å². The topological polar surface area (TPSA) is 73.0 Å². The molecule has 14 heavy (non-hydrogen) atoms. The number of hydrogen-bond acceptors (Lipinski definition) is 5. The van der Waals surface area contributed by atoms with Crippen LogP contribution in [0, 0.1) is 0 Å². The number of sulfone groups is 1. The van der Waals surface area contributed by atoms with Crippen LogP contribution in [0.3, 0.4) is 0 Å². The SMILES string of the molecule is CS(=O)(=O)CCSc1ccnc(N)c1. The Balaban J connectivity index is 2.47. The Morgan fingerprint density at radius 1 is 1.57 bits per heavy atom. The Morgan fingerprint density at radius 3 is 2.86 bits per heavy atom. The van der Waals surface area contributed by atoms with Crippen molar-refractivity contribution >= 4 is 27.4 Å². The fourth-order valence-corrected chi connectivity index (χ4v) is 2.97. The van der Waals surface area contributed by atoms with Crippen molar-refractivity contribution in [3.8, 4) is 0 Å². The van der Waals surface area contributed by atoms with Crippen molar-refractivity contribution in [1.29, 1.82) is 0 Å². The molecular weight excluding hydrogens is 220 g/mol. The lowest BCUT2D eigenvalue weighted by Crippen LogP contribution is -2.04. The van der Waals surface area contributed by atoms with Crippen molar-refractivity contribution in [1.82, 2.24) is 4.98 Å². The van der Waals surface area contributed by atoms with Gasteiger partial charge in [-0.05, 0) is 12.1 Å². The van der Waals surface area contributed by atoms with E-state index in [9.17, 15) is 8.42 Å². The number of nitrogens with two attached hydrogens (primary N) is 1. The highest BCUT2D eigenvalue weighted by Crippen LogP contribution is 2.18. The first kappa shape index (κ1) is 11.3. The molecule has 0 unspecified atom stereocenters. The van der Waals surface area contributed by atoms with Crippen LogP contribution in [0.2, 0.25) is 0 Å². The van der Waals surface area contributed by atoms with Gasteiger partial charge in [-0.2, -0.15) is 0 Å². The highest BCUT2D eigenvalue weighted by molar-refractivity contribution is 8.00. The summed E-state index contributed by atoms with van der Waals surface area (Å²) in [6.45, 7) is 0. The normalized spacial score (nSPS) is 11.5. The summed E-state index contributed by atoms with van der Waals surface area (Å²) in [6, 6.07) is 3.54. The van der Waals surface area contributed by atoms with Gasteiger partial charge in [-0.3, -0.25) is 0 Å². The second kappa shape index (κ2) is 4.65. The molecule has 0 aliphatic carbocycles. The van der Waals surface area contributed by atoms with Crippen LogP contribution in [0.15, 0.2) is 23.2 Å². The van der Waals surface area contributed by atoms with E-state index in [4.69, 9.17) is 5.73 Å². The van der Waals surface area contributed by atoms with Crippen LogP contribution in [0.25, 0.3) is 0 Å². The summed E-state index contributed by atoms with van der Waals surface area (Å²) in [5.41, 5.74) is 5.47. The van der Waals surface area contributed by atoms with E-state index in [0.717, 1.165) is 4.90 Å². The molecular formula is C8H12N2O2S2. The van der Waals surface area contributed by atoms with Gasteiger partial charge in [0.1, 0.15) is 15.7 Å². The molecule has 0 saturated heterocycles. The van der Waals surface area contributed by atoms with E-state index in [1.54, 1.807) is 12.3 Å². The first-order valence-electron chi connectivity index (χ1n) is 3.99. The minimum atomic E-state index is -2.87. The van der Waals surface area contributed by atoms with Crippen LogP contribution >= 0.6 is 11.8 Å². The molecule has 4 nitrogen and oxygen atoms in total. The highest BCUT2D eigenvalue weighted by atomic mass is 32.2. The largest absolute Gasteiger partial charge is 0.384 e. The lowest BCUT2D eigenvalue weighted by molar-refractivity contribution is 0.603. The molecule has 0 atom stereocenters. The van der Waals surface area contributed by atoms with Crippen molar-refractivity contribution in [3.05, 3.63) is 18.3 Å². The number of hydrogen-bond donors (Lipinski definition) is 1. The first-order chi connectivity index (χ1) is 6.47. The summed E-state index contributed by atoms with van der Waals surface area (Å²) in [5, 5.41) is 0. The minimum Gasteiger partial charge on any atom is -0.384 e. The van der Waals surface area contributed by atoms with Gasteiger partial charge in [0.15, 0.2) is 0 Å². The van der Waals surface area contributed by atoms with Gasteiger partial charge in [-0.1, -0.05) is 0 Å². The molecule has 0 saturated carbocycles. The molecule has 0 aromatic carbocycles. The first-order valence-corrected chi connectivity index (χ1v) is 7.04. The van der Waals surface area contributed by atoms with E-state index >= 15 is 0 Å². The molecule has 6 heteroatoms. The molecule has 0 bridgehead atoms. The van der Waals surface area contributed by atoms with Crippen molar-refractivity contribution in [3.63, 3.8) is 0 Å². The molecule has 78 valence electrons. The van der Waals surface area contributed by atoms with E-state index < -0.39 is 9.84 Å². The third kappa shape index (κ3) is 4.48. The van der Waals surface area contributed by atoms with Crippen LogP contribution in [-0.4, -0.2) is 31.2 Å². The van der Waals surface area contributed by atoms with E-state index in [1.165, 1.54) is 18.0 Å². The van der Waals surface area contributed by atoms with Gasteiger partial charge in [0.25, 0.3) is 0 Å². The quantitative estimate of drug-likeness (QED) is 0.777. The Kier molecular flexibility index (Phi) is 3.77. The highest BCUT2D eigenvalue weighted by Gasteiger charge is 2.02. The number of anilines is 1. The summed E-state index contributed by atoms with van der Waals surface area (Å²) in [7, 11) is -2.87. The zero-order chi connectivity index (χ0) is 10.6. The van der Waals surface area contributed by atoms with Crippen molar-refractivity contribution in [2.24, 2.45) is 0 Å². The number of nitrogens with zero attached hydrogens (tertiary/aromatic N) is 1. The molecule has 0 radical (unpaired) electrons. The standard InChI is InChI=1S/C8H12N2O2S2/c1-14(11,12)5-4-13-7-2-3-10-8(9)6-7/h2-3,6H,4-5H2,1H3,(H2,9,10). The molecule has 1 heterocycles. The van der Waals surface area contributed by atoms with Crippen molar-refractivity contribution in [2.75, 3.05) is 23.5 Å². The Bertz CT molecular complexity index is 404. The monoisotopic (exact) mass is 232 g/mol. The number of pyridine rings is 1. The molecule has 1 aromatic heterocycles. The minimum absolute atomic E-state index is 0.180. The third-order valence-electron chi connectivity index (χ3n) is 1.48. The molecule has 0 aliphatic rings. The van der Waals surface area contributed by atoms with Crippen molar-refractivity contribution < 1.29 is 8.42 Å². The molecule has 2 N–H and O–H groups in total. The smallest absolute Gasteiger partial charge is 0.148 e. The molecule has 0 fully saturated rings. The van der Waals surface area contributed by atoms with Crippen LogP contribution in [0.5, 0.6) is 0 Å². The molecule has 1 rings (SSSR count). The van der Waals surface area contributed by atoms with Gasteiger partial charge in [-0.25, -0.2) is 13.4 Å². The Labute approximate surface area is 87.8 Å². The summed E-state index contributed by atoms with van der Waals surface area (Å²) >= 11 is 1.46. The van der Waals surface area contributed by atoms with Gasteiger partial charge in [0.2, 0.25) is 0 Å². The maximum Gasteiger partial charge on any atom is 0.148 e. The summed E-state index contributed by atoms with van der Waals surface area (Å²) in [6.07, 6.45) is 2.84. The molecule has 0 amide bonds. The maximum absolute atomic E-state index is 10.8. The average molecular weight is 232 g/mol. The number of rotatable bonds is 4. The second-order valence-corrected chi connectivity index (χ2v) is 6.32. The van der Waals surface area contributed by atoms with Crippen LogP contribution < -0.4 is 5.73 Å². The Hall–Kier alpha value is -0.750. The van der Waals surface area contributed by atoms with E-state index in [1.807, 2.05) is 6.07 Å². The third-order valence-corrected chi connectivity index (χ3v) is 3.68. The van der Waals surface area contributed by atoms with Gasteiger partial charge in [0, 0.05) is 23.1 Å². The predicted octanol–water partition coefficient (Wildman–Crippen LogP) is 0.800. The molecule has 0 aliphatic heterocycles.